The highest BCUT2D eigenvalue weighted by Gasteiger charge is 2.31. The number of aliphatic hydroxyl groups excluding tert-OH is 1. The molecule has 0 bridgehead atoms. The van der Waals surface area contributed by atoms with E-state index in [1.165, 1.54) is 12.1 Å². The number of benzene rings is 2. The van der Waals surface area contributed by atoms with Crippen molar-refractivity contribution < 1.29 is 23.1 Å². The van der Waals surface area contributed by atoms with Crippen LogP contribution in [0, 0.1) is 0 Å². The lowest BCUT2D eigenvalue weighted by molar-refractivity contribution is -0.137. The van der Waals surface area contributed by atoms with Crippen molar-refractivity contribution in [2.45, 2.75) is 25.1 Å². The number of nitrogens with one attached hydrogen (secondary N) is 1. The molecule has 128 valence electrons. The Kier molecular flexibility index (Phi) is 5.98. The highest BCUT2D eigenvalue weighted by Crippen LogP contribution is 2.29. The molecule has 0 aliphatic heterocycles. The average Bonchev–Trinajstić information content (AvgIpc) is 2.58. The zero-order valence-electron chi connectivity index (χ0n) is 12.9. The zero-order valence-corrected chi connectivity index (χ0v) is 12.9. The fourth-order valence-electron chi connectivity index (χ4n) is 2.38. The van der Waals surface area contributed by atoms with Crippen molar-refractivity contribution >= 4 is 5.91 Å². The maximum atomic E-state index is 12.8. The predicted octanol–water partition coefficient (Wildman–Crippen LogP) is 3.95. The average molecular weight is 337 g/mol. The number of halogens is 3. The van der Waals surface area contributed by atoms with Crippen LogP contribution in [0.25, 0.3) is 0 Å². The minimum atomic E-state index is -4.49. The minimum Gasteiger partial charge on any atom is -0.396 e. The summed E-state index contributed by atoms with van der Waals surface area (Å²) in [6, 6.07) is 13.1. The Morgan fingerprint density at radius 2 is 1.79 bits per heavy atom. The largest absolute Gasteiger partial charge is 0.416 e. The van der Waals surface area contributed by atoms with E-state index in [1.54, 1.807) is 0 Å². The molecule has 2 rings (SSSR count). The van der Waals surface area contributed by atoms with Gasteiger partial charge in [-0.3, -0.25) is 4.79 Å². The first kappa shape index (κ1) is 18.0. The summed E-state index contributed by atoms with van der Waals surface area (Å²) in [7, 11) is 0. The highest BCUT2D eigenvalue weighted by atomic mass is 19.4. The number of alkyl halides is 3. The highest BCUT2D eigenvalue weighted by molar-refractivity contribution is 5.94. The summed E-state index contributed by atoms with van der Waals surface area (Å²) in [6.45, 7) is -0.0250. The molecule has 6 heteroatoms. The predicted molar refractivity (Wildman–Crippen MR) is 84.4 cm³/mol. The van der Waals surface area contributed by atoms with Crippen LogP contribution in [0.2, 0.25) is 0 Å². The van der Waals surface area contributed by atoms with Gasteiger partial charge in [-0.15, -0.1) is 0 Å². The lowest BCUT2D eigenvalue weighted by Crippen LogP contribution is -2.29. The summed E-state index contributed by atoms with van der Waals surface area (Å²) in [5.41, 5.74) is -0.0669. The lowest BCUT2D eigenvalue weighted by atomic mass is 10.0. The molecule has 0 saturated carbocycles. The minimum absolute atomic E-state index is 0.0250. The molecule has 0 radical (unpaired) electrons. The number of aliphatic hydroxyl groups is 1. The summed E-state index contributed by atoms with van der Waals surface area (Å²) in [6.07, 6.45) is -3.53. The van der Waals surface area contributed by atoms with Crippen molar-refractivity contribution in [3.63, 3.8) is 0 Å². The Balaban J connectivity index is 2.18. The van der Waals surface area contributed by atoms with Gasteiger partial charge in [-0.1, -0.05) is 36.4 Å². The van der Waals surface area contributed by atoms with E-state index in [1.807, 2.05) is 30.3 Å². The summed E-state index contributed by atoms with van der Waals surface area (Å²) >= 11 is 0. The first-order chi connectivity index (χ1) is 11.4. The number of carbonyl (C=O) groups excluding carboxylic acids is 1. The van der Waals surface area contributed by atoms with Gasteiger partial charge in [-0.05, 0) is 36.6 Å². The first-order valence-corrected chi connectivity index (χ1v) is 7.55. The molecule has 0 fully saturated rings. The van der Waals surface area contributed by atoms with Crippen molar-refractivity contribution in [2.75, 3.05) is 6.61 Å². The maximum Gasteiger partial charge on any atom is 0.416 e. The quantitative estimate of drug-likeness (QED) is 0.838. The van der Waals surface area contributed by atoms with Gasteiger partial charge in [-0.2, -0.15) is 13.2 Å². The molecule has 0 aliphatic carbocycles. The number of carbonyl (C=O) groups is 1. The van der Waals surface area contributed by atoms with Crippen LogP contribution < -0.4 is 5.32 Å². The van der Waals surface area contributed by atoms with Crippen LogP contribution in [0.4, 0.5) is 13.2 Å². The third-order valence-corrected chi connectivity index (χ3v) is 3.61. The summed E-state index contributed by atoms with van der Waals surface area (Å²) in [5, 5.41) is 11.7. The van der Waals surface area contributed by atoms with Gasteiger partial charge in [-0.25, -0.2) is 0 Å². The Hall–Kier alpha value is -2.34. The fourth-order valence-corrected chi connectivity index (χ4v) is 2.38. The second kappa shape index (κ2) is 7.97. The first-order valence-electron chi connectivity index (χ1n) is 7.55. The Labute approximate surface area is 138 Å². The van der Waals surface area contributed by atoms with E-state index in [-0.39, 0.29) is 18.2 Å². The normalized spacial score (nSPS) is 12.7. The molecule has 3 nitrogen and oxygen atoms in total. The topological polar surface area (TPSA) is 49.3 Å². The van der Waals surface area contributed by atoms with Crippen molar-refractivity contribution in [2.24, 2.45) is 0 Å². The molecule has 2 aromatic carbocycles. The molecule has 1 amide bonds. The monoisotopic (exact) mass is 337 g/mol. The number of rotatable bonds is 6. The molecule has 0 saturated heterocycles. The molecule has 0 spiro atoms. The third kappa shape index (κ3) is 4.83. The molecule has 24 heavy (non-hydrogen) atoms. The van der Waals surface area contributed by atoms with Crippen LogP contribution >= 0.6 is 0 Å². The van der Waals surface area contributed by atoms with Gasteiger partial charge in [0.1, 0.15) is 0 Å². The number of amides is 1. The van der Waals surface area contributed by atoms with Crippen LogP contribution in [-0.4, -0.2) is 17.6 Å². The van der Waals surface area contributed by atoms with Gasteiger partial charge in [0.05, 0.1) is 11.6 Å². The molecule has 1 atom stereocenters. The van der Waals surface area contributed by atoms with E-state index in [9.17, 15) is 18.0 Å². The molecule has 1 unspecified atom stereocenters. The molecular formula is C18H18F3NO2. The van der Waals surface area contributed by atoms with E-state index >= 15 is 0 Å². The van der Waals surface area contributed by atoms with Gasteiger partial charge >= 0.3 is 6.18 Å². The molecule has 2 aromatic rings. The SMILES string of the molecule is O=C(NC(CCCO)c1ccccc1)c1cccc(C(F)(F)F)c1. The van der Waals surface area contributed by atoms with Crippen LogP contribution in [-0.2, 0) is 6.18 Å². The van der Waals surface area contributed by atoms with Gasteiger partial charge in [0, 0.05) is 12.2 Å². The number of hydrogen-bond donors (Lipinski definition) is 2. The smallest absolute Gasteiger partial charge is 0.396 e. The third-order valence-electron chi connectivity index (χ3n) is 3.61. The molecule has 0 heterocycles. The van der Waals surface area contributed by atoms with E-state index in [4.69, 9.17) is 5.11 Å². The van der Waals surface area contributed by atoms with Crippen molar-refractivity contribution in [1.29, 1.82) is 0 Å². The molecule has 2 N–H and O–H groups in total. The van der Waals surface area contributed by atoms with Gasteiger partial charge in [0.15, 0.2) is 0 Å². The number of hydrogen-bond acceptors (Lipinski definition) is 2. The fraction of sp³-hybridized carbons (Fsp3) is 0.278. The van der Waals surface area contributed by atoms with E-state index in [0.717, 1.165) is 17.7 Å². The summed E-state index contributed by atoms with van der Waals surface area (Å²) < 4.78 is 38.3. The van der Waals surface area contributed by atoms with Crippen LogP contribution in [0.3, 0.4) is 0 Å². The van der Waals surface area contributed by atoms with Crippen LogP contribution in [0.5, 0.6) is 0 Å². The van der Waals surface area contributed by atoms with Gasteiger partial charge < -0.3 is 10.4 Å². The van der Waals surface area contributed by atoms with Crippen molar-refractivity contribution in [3.8, 4) is 0 Å². The van der Waals surface area contributed by atoms with Crippen molar-refractivity contribution in [3.05, 3.63) is 71.3 Å². The molecule has 0 aromatic heterocycles. The van der Waals surface area contributed by atoms with E-state index < -0.39 is 17.6 Å². The van der Waals surface area contributed by atoms with Gasteiger partial charge in [0.25, 0.3) is 5.91 Å². The summed E-state index contributed by atoms with van der Waals surface area (Å²) in [4.78, 5) is 12.3. The van der Waals surface area contributed by atoms with E-state index in [0.29, 0.717) is 12.8 Å². The van der Waals surface area contributed by atoms with Crippen molar-refractivity contribution in [1.82, 2.24) is 5.32 Å². The van der Waals surface area contributed by atoms with Crippen LogP contribution in [0.1, 0.15) is 40.4 Å². The van der Waals surface area contributed by atoms with Crippen LogP contribution in [0.15, 0.2) is 54.6 Å². The standard InChI is InChI=1S/C18H18F3NO2/c19-18(20,21)15-9-4-8-14(12-15)17(24)22-16(10-5-11-23)13-6-2-1-3-7-13/h1-4,6-9,12,16,23H,5,10-11H2,(H,22,24). The maximum absolute atomic E-state index is 12.8. The molecular weight excluding hydrogens is 319 g/mol. The Bertz CT molecular complexity index is 671. The lowest BCUT2D eigenvalue weighted by Gasteiger charge is -2.19. The Morgan fingerprint density at radius 1 is 1.08 bits per heavy atom. The second-order valence-corrected chi connectivity index (χ2v) is 5.38. The molecule has 0 aliphatic rings. The van der Waals surface area contributed by atoms with Gasteiger partial charge in [0.2, 0.25) is 0 Å². The Morgan fingerprint density at radius 3 is 2.42 bits per heavy atom. The van der Waals surface area contributed by atoms with E-state index in [2.05, 4.69) is 5.32 Å². The second-order valence-electron chi connectivity index (χ2n) is 5.38. The summed E-state index contributed by atoms with van der Waals surface area (Å²) in [5.74, 6) is -0.576. The zero-order chi connectivity index (χ0) is 17.6.